The highest BCUT2D eigenvalue weighted by molar-refractivity contribution is 5.99. The van der Waals surface area contributed by atoms with Crippen LogP contribution in [0.3, 0.4) is 0 Å². The van der Waals surface area contributed by atoms with Crippen molar-refractivity contribution in [2.24, 2.45) is 22.4 Å². The minimum absolute atomic E-state index is 0.00854. The van der Waals surface area contributed by atoms with E-state index in [1.165, 1.54) is 24.3 Å². The molecule has 0 spiro atoms. The largest absolute Gasteiger partial charge is 0.480 e. The SMILES string of the molecule is CC(C)C[C@H](NC(=O)Cc1ccc(F)cc1)c1nc(C(=O)N[C@@H](CCCN=C(N)N)C(=O)O)c(-c2ccccc2)o1. The zero-order chi connectivity index (χ0) is 29.9. The molecule has 0 saturated heterocycles. The molecule has 1 aromatic heterocycles. The molecule has 0 aliphatic heterocycles. The van der Waals surface area contributed by atoms with Crippen LogP contribution >= 0.6 is 0 Å². The molecule has 0 bridgehead atoms. The number of carboxylic acid groups (broad SMARTS) is 1. The van der Waals surface area contributed by atoms with Gasteiger partial charge >= 0.3 is 5.97 Å². The molecule has 2 amide bonds. The van der Waals surface area contributed by atoms with E-state index in [0.29, 0.717) is 24.0 Å². The molecule has 0 unspecified atom stereocenters. The number of carboxylic acids is 1. The molecule has 0 aliphatic carbocycles. The van der Waals surface area contributed by atoms with Crippen LogP contribution in [0.4, 0.5) is 4.39 Å². The van der Waals surface area contributed by atoms with Crippen LogP contribution in [-0.2, 0) is 16.0 Å². The van der Waals surface area contributed by atoms with E-state index in [0.717, 1.165) is 0 Å². The second-order valence-electron chi connectivity index (χ2n) is 9.96. The summed E-state index contributed by atoms with van der Waals surface area (Å²) in [4.78, 5) is 46.4. The van der Waals surface area contributed by atoms with Crippen LogP contribution in [-0.4, -0.2) is 46.4 Å². The van der Waals surface area contributed by atoms with Gasteiger partial charge in [-0.15, -0.1) is 0 Å². The Labute approximate surface area is 237 Å². The lowest BCUT2D eigenvalue weighted by Gasteiger charge is -2.18. The Balaban J connectivity index is 1.88. The average molecular weight is 567 g/mol. The number of halogens is 1. The molecule has 2 aromatic carbocycles. The number of rotatable bonds is 14. The summed E-state index contributed by atoms with van der Waals surface area (Å²) >= 11 is 0. The smallest absolute Gasteiger partial charge is 0.326 e. The monoisotopic (exact) mass is 566 g/mol. The maximum Gasteiger partial charge on any atom is 0.326 e. The number of aliphatic carboxylic acids is 1. The second kappa shape index (κ2) is 14.6. The fourth-order valence-electron chi connectivity index (χ4n) is 4.14. The average Bonchev–Trinajstić information content (AvgIpc) is 3.37. The molecule has 3 aromatic rings. The molecule has 0 saturated carbocycles. The zero-order valence-electron chi connectivity index (χ0n) is 23.0. The first-order valence-corrected chi connectivity index (χ1v) is 13.2. The van der Waals surface area contributed by atoms with Crippen molar-refractivity contribution in [1.82, 2.24) is 15.6 Å². The van der Waals surface area contributed by atoms with Gasteiger partial charge in [0.15, 0.2) is 17.4 Å². The van der Waals surface area contributed by atoms with Crippen molar-refractivity contribution in [3.63, 3.8) is 0 Å². The van der Waals surface area contributed by atoms with Gasteiger partial charge in [-0.3, -0.25) is 14.6 Å². The summed E-state index contributed by atoms with van der Waals surface area (Å²) in [5.41, 5.74) is 11.7. The van der Waals surface area contributed by atoms with Crippen LogP contribution in [0.5, 0.6) is 0 Å². The summed E-state index contributed by atoms with van der Waals surface area (Å²) in [6, 6.07) is 12.5. The van der Waals surface area contributed by atoms with Crippen molar-refractivity contribution >= 4 is 23.7 Å². The number of nitrogens with one attached hydrogen (secondary N) is 2. The molecule has 0 aliphatic rings. The van der Waals surface area contributed by atoms with E-state index in [4.69, 9.17) is 15.9 Å². The van der Waals surface area contributed by atoms with Gasteiger partial charge in [0.25, 0.3) is 5.91 Å². The Hall–Kier alpha value is -4.74. The van der Waals surface area contributed by atoms with Gasteiger partial charge in [-0.1, -0.05) is 56.3 Å². The first-order valence-electron chi connectivity index (χ1n) is 13.2. The van der Waals surface area contributed by atoms with E-state index >= 15 is 0 Å². The number of amides is 2. The van der Waals surface area contributed by atoms with Gasteiger partial charge < -0.3 is 31.6 Å². The molecule has 41 heavy (non-hydrogen) atoms. The van der Waals surface area contributed by atoms with Gasteiger partial charge in [0.2, 0.25) is 11.8 Å². The Morgan fingerprint density at radius 1 is 1.05 bits per heavy atom. The molecular formula is C29H35FN6O5. The zero-order valence-corrected chi connectivity index (χ0v) is 23.0. The Morgan fingerprint density at radius 2 is 1.73 bits per heavy atom. The molecule has 1 heterocycles. The lowest BCUT2D eigenvalue weighted by molar-refractivity contribution is -0.139. The van der Waals surface area contributed by atoms with Crippen LogP contribution in [0.1, 0.15) is 61.1 Å². The summed E-state index contributed by atoms with van der Waals surface area (Å²) in [7, 11) is 0. The molecule has 7 N–H and O–H groups in total. The van der Waals surface area contributed by atoms with Crippen LogP contribution in [0.25, 0.3) is 11.3 Å². The topological polar surface area (TPSA) is 186 Å². The highest BCUT2D eigenvalue weighted by Crippen LogP contribution is 2.30. The van der Waals surface area contributed by atoms with Crippen molar-refractivity contribution in [3.05, 3.63) is 77.6 Å². The first kappa shape index (κ1) is 30.8. The standard InChI is InChI=1S/C29H35FN6O5/c1-17(2)15-22(34-23(37)16-18-10-12-20(30)13-11-18)27-36-24(25(41-27)19-7-4-3-5-8-19)26(38)35-21(28(39)40)9-6-14-33-29(31)32/h3-5,7-8,10-13,17,21-22H,6,9,14-16H2,1-2H3,(H,34,37)(H,35,38)(H,39,40)(H4,31,32,33)/t21-,22-/m0/s1. The number of carbonyl (C=O) groups excluding carboxylic acids is 2. The first-order chi connectivity index (χ1) is 19.5. The summed E-state index contributed by atoms with van der Waals surface area (Å²) < 4.78 is 19.4. The normalized spacial score (nSPS) is 12.4. The number of hydrogen-bond acceptors (Lipinski definition) is 6. The number of aliphatic imine (C=N–C) groups is 1. The number of nitrogens with two attached hydrogens (primary N) is 2. The minimum atomic E-state index is -1.22. The number of aromatic nitrogens is 1. The lowest BCUT2D eigenvalue weighted by atomic mass is 10.0. The van der Waals surface area contributed by atoms with E-state index < -0.39 is 29.8 Å². The van der Waals surface area contributed by atoms with Crippen LogP contribution in [0.15, 0.2) is 64.0 Å². The van der Waals surface area contributed by atoms with Gasteiger partial charge in [-0.05, 0) is 42.9 Å². The summed E-state index contributed by atoms with van der Waals surface area (Å²) in [6.45, 7) is 4.14. The van der Waals surface area contributed by atoms with Crippen LogP contribution in [0.2, 0.25) is 0 Å². The second-order valence-corrected chi connectivity index (χ2v) is 9.96. The number of benzene rings is 2. The van der Waals surface area contributed by atoms with E-state index in [1.54, 1.807) is 30.3 Å². The molecule has 0 radical (unpaired) electrons. The minimum Gasteiger partial charge on any atom is -0.480 e. The molecule has 11 nitrogen and oxygen atoms in total. The van der Waals surface area contributed by atoms with Crippen molar-refractivity contribution < 1.29 is 28.3 Å². The van der Waals surface area contributed by atoms with E-state index in [2.05, 4.69) is 20.6 Å². The quantitative estimate of drug-likeness (QED) is 0.112. The van der Waals surface area contributed by atoms with Gasteiger partial charge in [0.1, 0.15) is 17.9 Å². The van der Waals surface area contributed by atoms with Crippen molar-refractivity contribution in [2.75, 3.05) is 6.54 Å². The van der Waals surface area contributed by atoms with Gasteiger partial charge in [-0.2, -0.15) is 0 Å². The van der Waals surface area contributed by atoms with E-state index in [-0.39, 0.29) is 54.5 Å². The number of oxazole rings is 1. The molecule has 218 valence electrons. The van der Waals surface area contributed by atoms with Gasteiger partial charge in [-0.25, -0.2) is 14.2 Å². The van der Waals surface area contributed by atoms with Crippen LogP contribution in [0, 0.1) is 11.7 Å². The van der Waals surface area contributed by atoms with Gasteiger partial charge in [0.05, 0.1) is 6.42 Å². The fraction of sp³-hybridized carbons (Fsp3) is 0.345. The van der Waals surface area contributed by atoms with Crippen molar-refractivity contribution in [1.29, 1.82) is 0 Å². The maximum atomic E-state index is 13.4. The van der Waals surface area contributed by atoms with Crippen LogP contribution < -0.4 is 22.1 Å². The van der Waals surface area contributed by atoms with Crippen molar-refractivity contribution in [3.8, 4) is 11.3 Å². The molecule has 2 atom stereocenters. The predicted molar refractivity (Wildman–Crippen MR) is 151 cm³/mol. The third-order valence-electron chi connectivity index (χ3n) is 6.06. The lowest BCUT2D eigenvalue weighted by Crippen LogP contribution is -2.41. The van der Waals surface area contributed by atoms with E-state index in [1.807, 2.05) is 13.8 Å². The molecule has 12 heteroatoms. The molecular weight excluding hydrogens is 531 g/mol. The molecule has 3 rings (SSSR count). The third-order valence-corrected chi connectivity index (χ3v) is 6.06. The number of carbonyl (C=O) groups is 3. The number of nitrogens with zero attached hydrogens (tertiary/aromatic N) is 2. The maximum absolute atomic E-state index is 13.4. The van der Waals surface area contributed by atoms with Gasteiger partial charge in [0, 0.05) is 12.1 Å². The highest BCUT2D eigenvalue weighted by Gasteiger charge is 2.29. The Morgan fingerprint density at radius 3 is 2.34 bits per heavy atom. The Kier molecular flexibility index (Phi) is 11.0. The number of hydrogen-bond donors (Lipinski definition) is 5. The summed E-state index contributed by atoms with van der Waals surface area (Å²) in [5, 5.41) is 15.1. The predicted octanol–water partition coefficient (Wildman–Crippen LogP) is 3.16. The third kappa shape index (κ3) is 9.45. The highest BCUT2D eigenvalue weighted by atomic mass is 19.1. The summed E-state index contributed by atoms with van der Waals surface area (Å²) in [5.74, 6) is -2.43. The Bertz CT molecular complexity index is 1350. The van der Waals surface area contributed by atoms with E-state index in [9.17, 15) is 23.9 Å². The summed E-state index contributed by atoms with van der Waals surface area (Å²) in [6.07, 6.45) is 0.863. The fourth-order valence-corrected chi connectivity index (χ4v) is 4.14. The number of guanidine groups is 1. The molecule has 0 fully saturated rings. The van der Waals surface area contributed by atoms with Crippen molar-refractivity contribution in [2.45, 2.75) is 51.6 Å².